The standard InChI is InChI=1S/C25H21F3N4O3S/c1-14-2-4-15(5-3-14)16-10-18-19(12-30-25(18)29-11-16)24(33)22-20(27)6-7-21(23(22)28)31-36(34,35)32-9-8-17(26)13-32/h2-7,10-12,17,31H,8-9,13H2,1H3,(H,29,30)/t17-/m1/s1. The highest BCUT2D eigenvalue weighted by molar-refractivity contribution is 7.90. The van der Waals surface area contributed by atoms with Crippen molar-refractivity contribution in [2.45, 2.75) is 19.5 Å². The van der Waals surface area contributed by atoms with Crippen LogP contribution in [0.25, 0.3) is 22.2 Å². The van der Waals surface area contributed by atoms with E-state index in [-0.39, 0.29) is 25.1 Å². The molecular formula is C25H21F3N4O3S. The number of benzene rings is 2. The Morgan fingerprint density at radius 2 is 1.89 bits per heavy atom. The highest BCUT2D eigenvalue weighted by Gasteiger charge is 2.33. The molecule has 2 N–H and O–H groups in total. The molecule has 5 rings (SSSR count). The Balaban J connectivity index is 1.52. The first-order valence-electron chi connectivity index (χ1n) is 11.1. The molecule has 2 aromatic heterocycles. The maximum atomic E-state index is 15.3. The van der Waals surface area contributed by atoms with E-state index in [0.717, 1.165) is 27.6 Å². The number of fused-ring (bicyclic) bond motifs is 1. The number of aromatic nitrogens is 2. The number of alkyl halides is 1. The summed E-state index contributed by atoms with van der Waals surface area (Å²) < 4.78 is 71.5. The van der Waals surface area contributed by atoms with Crippen LogP contribution in [-0.4, -0.2) is 47.7 Å². The van der Waals surface area contributed by atoms with Crippen molar-refractivity contribution in [3.05, 3.63) is 83.2 Å². The van der Waals surface area contributed by atoms with Crippen LogP contribution in [0.15, 0.2) is 54.9 Å². The van der Waals surface area contributed by atoms with Crippen molar-refractivity contribution in [3.63, 3.8) is 0 Å². The molecule has 0 bridgehead atoms. The van der Waals surface area contributed by atoms with E-state index in [9.17, 15) is 22.0 Å². The first-order valence-corrected chi connectivity index (χ1v) is 12.6. The molecular weight excluding hydrogens is 493 g/mol. The van der Waals surface area contributed by atoms with Gasteiger partial charge in [0.25, 0.3) is 0 Å². The van der Waals surface area contributed by atoms with Gasteiger partial charge >= 0.3 is 10.2 Å². The van der Waals surface area contributed by atoms with Crippen LogP contribution in [0.2, 0.25) is 0 Å². The molecule has 0 spiro atoms. The molecule has 186 valence electrons. The number of anilines is 1. The fourth-order valence-electron chi connectivity index (χ4n) is 4.18. The monoisotopic (exact) mass is 514 g/mol. The van der Waals surface area contributed by atoms with Gasteiger partial charge in [0.05, 0.1) is 11.3 Å². The second-order valence-electron chi connectivity index (χ2n) is 8.65. The zero-order valence-electron chi connectivity index (χ0n) is 19.1. The molecule has 2 aromatic carbocycles. The number of hydrogen-bond donors (Lipinski definition) is 2. The fraction of sp³-hybridized carbons (Fsp3) is 0.200. The van der Waals surface area contributed by atoms with Crippen LogP contribution in [0.4, 0.5) is 18.9 Å². The normalized spacial score (nSPS) is 16.5. The Bertz CT molecular complexity index is 1590. The van der Waals surface area contributed by atoms with Gasteiger partial charge in [-0.1, -0.05) is 29.8 Å². The molecule has 36 heavy (non-hydrogen) atoms. The summed E-state index contributed by atoms with van der Waals surface area (Å²) in [6, 6.07) is 11.0. The van der Waals surface area contributed by atoms with E-state index >= 15 is 4.39 Å². The summed E-state index contributed by atoms with van der Waals surface area (Å²) in [7, 11) is -4.30. The zero-order chi connectivity index (χ0) is 25.6. The van der Waals surface area contributed by atoms with Gasteiger partial charge < -0.3 is 4.98 Å². The van der Waals surface area contributed by atoms with Gasteiger partial charge in [0.2, 0.25) is 5.78 Å². The molecule has 1 saturated heterocycles. The van der Waals surface area contributed by atoms with Crippen LogP contribution in [0.3, 0.4) is 0 Å². The summed E-state index contributed by atoms with van der Waals surface area (Å²) in [5, 5.41) is 0.355. The maximum Gasteiger partial charge on any atom is 0.301 e. The van der Waals surface area contributed by atoms with Crippen LogP contribution < -0.4 is 4.72 Å². The van der Waals surface area contributed by atoms with E-state index in [0.29, 0.717) is 16.6 Å². The summed E-state index contributed by atoms with van der Waals surface area (Å²) in [5.74, 6) is -3.50. The molecule has 4 aromatic rings. The van der Waals surface area contributed by atoms with Crippen LogP contribution in [-0.2, 0) is 10.2 Å². The number of rotatable bonds is 6. The highest BCUT2D eigenvalue weighted by Crippen LogP contribution is 2.30. The number of ketones is 1. The van der Waals surface area contributed by atoms with Gasteiger partial charge in [-0.3, -0.25) is 9.52 Å². The number of aryl methyl sites for hydroxylation is 1. The van der Waals surface area contributed by atoms with E-state index in [4.69, 9.17) is 0 Å². The lowest BCUT2D eigenvalue weighted by molar-refractivity contribution is 0.103. The minimum absolute atomic E-state index is 0.0235. The lowest BCUT2D eigenvalue weighted by Gasteiger charge is -2.18. The molecule has 0 aliphatic carbocycles. The van der Waals surface area contributed by atoms with Crippen LogP contribution >= 0.6 is 0 Å². The third-order valence-corrected chi connectivity index (χ3v) is 7.64. The number of carbonyl (C=O) groups is 1. The lowest BCUT2D eigenvalue weighted by Crippen LogP contribution is -2.34. The highest BCUT2D eigenvalue weighted by atomic mass is 32.2. The molecule has 0 amide bonds. The molecule has 3 heterocycles. The first-order chi connectivity index (χ1) is 17.1. The number of pyridine rings is 1. The summed E-state index contributed by atoms with van der Waals surface area (Å²) >= 11 is 0. The summed E-state index contributed by atoms with van der Waals surface area (Å²) in [6.07, 6.45) is 1.63. The quantitative estimate of drug-likeness (QED) is 0.363. The molecule has 7 nitrogen and oxygen atoms in total. The molecule has 1 aliphatic heterocycles. The third-order valence-electron chi connectivity index (χ3n) is 6.15. The lowest BCUT2D eigenvalue weighted by atomic mass is 9.99. The SMILES string of the molecule is Cc1ccc(-c2cnc3[nH]cc(C(=O)c4c(F)ccc(NS(=O)(=O)N5CC[C@@H](F)C5)c4F)c3c2)cc1. The van der Waals surface area contributed by atoms with Gasteiger partial charge in [-0.25, -0.2) is 18.2 Å². The van der Waals surface area contributed by atoms with Gasteiger partial charge in [-0.15, -0.1) is 0 Å². The number of H-pyrrole nitrogens is 1. The summed E-state index contributed by atoms with van der Waals surface area (Å²) in [6.45, 7) is 1.51. The smallest absolute Gasteiger partial charge is 0.301 e. The third kappa shape index (κ3) is 4.35. The second kappa shape index (κ2) is 9.07. The zero-order valence-corrected chi connectivity index (χ0v) is 19.9. The van der Waals surface area contributed by atoms with E-state index in [1.54, 1.807) is 12.3 Å². The van der Waals surface area contributed by atoms with Crippen molar-refractivity contribution in [2.75, 3.05) is 17.8 Å². The maximum absolute atomic E-state index is 15.3. The Morgan fingerprint density at radius 1 is 1.14 bits per heavy atom. The Kier molecular flexibility index (Phi) is 6.05. The van der Waals surface area contributed by atoms with E-state index in [2.05, 4.69) is 9.97 Å². The van der Waals surface area contributed by atoms with Gasteiger partial charge in [0, 0.05) is 42.0 Å². The molecule has 0 saturated carbocycles. The average Bonchev–Trinajstić information content (AvgIpc) is 3.48. The molecule has 0 radical (unpaired) electrons. The number of carbonyl (C=O) groups excluding carboxylic acids is 1. The molecule has 1 atom stereocenters. The van der Waals surface area contributed by atoms with Crippen LogP contribution in [0.1, 0.15) is 27.9 Å². The number of halogens is 3. The Labute approximate surface area is 205 Å². The van der Waals surface area contributed by atoms with Crippen LogP contribution in [0.5, 0.6) is 0 Å². The van der Waals surface area contributed by atoms with Gasteiger partial charge in [0.1, 0.15) is 17.6 Å². The van der Waals surface area contributed by atoms with Gasteiger partial charge in [0.15, 0.2) is 5.82 Å². The number of aromatic amines is 1. The first kappa shape index (κ1) is 24.0. The second-order valence-corrected chi connectivity index (χ2v) is 10.3. The van der Waals surface area contributed by atoms with Crippen molar-refractivity contribution < 1.29 is 26.4 Å². The molecule has 1 aliphatic rings. The van der Waals surface area contributed by atoms with E-state index in [1.807, 2.05) is 35.9 Å². The van der Waals surface area contributed by atoms with Crippen molar-refractivity contribution >= 4 is 32.7 Å². The topological polar surface area (TPSA) is 95.2 Å². The Hall–Kier alpha value is -3.70. The predicted octanol–water partition coefficient (Wildman–Crippen LogP) is 4.75. The molecule has 11 heteroatoms. The number of hydrogen-bond acceptors (Lipinski definition) is 4. The van der Waals surface area contributed by atoms with E-state index in [1.165, 1.54) is 6.20 Å². The average molecular weight is 515 g/mol. The molecule has 1 fully saturated rings. The van der Waals surface area contributed by atoms with Crippen molar-refractivity contribution in [1.29, 1.82) is 0 Å². The fourth-order valence-corrected chi connectivity index (χ4v) is 5.45. The van der Waals surface area contributed by atoms with Gasteiger partial charge in [-0.2, -0.15) is 12.7 Å². The van der Waals surface area contributed by atoms with Crippen molar-refractivity contribution in [2.24, 2.45) is 0 Å². The largest absolute Gasteiger partial charge is 0.345 e. The predicted molar refractivity (Wildman–Crippen MR) is 130 cm³/mol. The minimum Gasteiger partial charge on any atom is -0.345 e. The minimum atomic E-state index is -4.30. The summed E-state index contributed by atoms with van der Waals surface area (Å²) in [5.41, 5.74) is 1.42. The summed E-state index contributed by atoms with van der Waals surface area (Å²) in [4.78, 5) is 20.5. The van der Waals surface area contributed by atoms with E-state index < -0.39 is 45.0 Å². The van der Waals surface area contributed by atoms with Crippen molar-refractivity contribution in [3.8, 4) is 11.1 Å². The van der Waals surface area contributed by atoms with Crippen molar-refractivity contribution in [1.82, 2.24) is 14.3 Å². The van der Waals surface area contributed by atoms with Crippen LogP contribution in [0, 0.1) is 18.6 Å². The Morgan fingerprint density at radius 3 is 2.58 bits per heavy atom. The number of nitrogens with zero attached hydrogens (tertiary/aromatic N) is 2. The molecule has 0 unspecified atom stereocenters. The van der Waals surface area contributed by atoms with Gasteiger partial charge in [-0.05, 0) is 37.1 Å². The number of nitrogens with one attached hydrogen (secondary N) is 2.